The highest BCUT2D eigenvalue weighted by Crippen LogP contribution is 2.14. The van der Waals surface area contributed by atoms with E-state index in [2.05, 4.69) is 17.1 Å². The minimum atomic E-state index is 0.0175. The third kappa shape index (κ3) is 1.73. The molecule has 0 radical (unpaired) electrons. The first-order valence-electron chi connectivity index (χ1n) is 6.57. The van der Waals surface area contributed by atoms with Gasteiger partial charge in [0, 0.05) is 6.54 Å². The number of hydrogen-bond donors (Lipinski definition) is 0. The summed E-state index contributed by atoms with van der Waals surface area (Å²) in [6.07, 6.45) is 2.00. The second-order valence-electron chi connectivity index (χ2n) is 4.71. The fourth-order valence-corrected chi connectivity index (χ4v) is 2.41. The quantitative estimate of drug-likeness (QED) is 0.721. The highest BCUT2D eigenvalue weighted by atomic mass is 16.1. The van der Waals surface area contributed by atoms with Gasteiger partial charge in [-0.2, -0.15) is 0 Å². The van der Waals surface area contributed by atoms with Crippen LogP contribution in [0.5, 0.6) is 0 Å². The Hall–Kier alpha value is -2.17. The van der Waals surface area contributed by atoms with Crippen molar-refractivity contribution in [3.05, 3.63) is 40.4 Å². The van der Waals surface area contributed by atoms with Crippen LogP contribution in [-0.2, 0) is 6.54 Å². The van der Waals surface area contributed by atoms with Crippen molar-refractivity contribution in [1.82, 2.24) is 19.2 Å². The van der Waals surface area contributed by atoms with E-state index in [0.29, 0.717) is 17.7 Å². The molecule has 0 unspecified atom stereocenters. The summed E-state index contributed by atoms with van der Waals surface area (Å²) in [7, 11) is 0. The van der Waals surface area contributed by atoms with Crippen molar-refractivity contribution in [3.63, 3.8) is 0 Å². The standard InChI is InChI=1S/C14H16N4O/c1-3-4-9-17-13(19)11-7-5-6-8-12(11)18-10(2)15-16-14(17)18/h5-8H,3-4,9H2,1-2H3. The molecule has 0 saturated carbocycles. The van der Waals surface area contributed by atoms with Gasteiger partial charge in [-0.05, 0) is 25.5 Å². The van der Waals surface area contributed by atoms with Crippen LogP contribution in [0.1, 0.15) is 25.6 Å². The maximum absolute atomic E-state index is 12.5. The fraction of sp³-hybridized carbons (Fsp3) is 0.357. The Morgan fingerprint density at radius 3 is 2.79 bits per heavy atom. The average Bonchev–Trinajstić information content (AvgIpc) is 2.81. The SMILES string of the molecule is CCCCn1c(=O)c2ccccc2n2c(C)nnc12. The smallest absolute Gasteiger partial charge is 0.262 e. The average molecular weight is 256 g/mol. The van der Waals surface area contributed by atoms with E-state index in [9.17, 15) is 4.79 Å². The molecule has 5 nitrogen and oxygen atoms in total. The van der Waals surface area contributed by atoms with Crippen molar-refractivity contribution in [2.75, 3.05) is 0 Å². The third-order valence-corrected chi connectivity index (χ3v) is 3.40. The maximum atomic E-state index is 12.5. The van der Waals surface area contributed by atoms with Crippen LogP contribution in [0.25, 0.3) is 16.7 Å². The molecule has 5 heteroatoms. The molecule has 98 valence electrons. The topological polar surface area (TPSA) is 52.2 Å². The van der Waals surface area contributed by atoms with Gasteiger partial charge in [0.25, 0.3) is 5.56 Å². The lowest BCUT2D eigenvalue weighted by Crippen LogP contribution is -2.23. The molecule has 2 heterocycles. The first-order chi connectivity index (χ1) is 9.24. The van der Waals surface area contributed by atoms with Crippen molar-refractivity contribution in [2.24, 2.45) is 0 Å². The highest BCUT2D eigenvalue weighted by molar-refractivity contribution is 5.80. The summed E-state index contributed by atoms with van der Waals surface area (Å²) in [5.74, 6) is 1.44. The molecule has 0 aliphatic rings. The maximum Gasteiger partial charge on any atom is 0.262 e. The van der Waals surface area contributed by atoms with Gasteiger partial charge < -0.3 is 0 Å². The van der Waals surface area contributed by atoms with Gasteiger partial charge in [-0.1, -0.05) is 25.5 Å². The van der Waals surface area contributed by atoms with E-state index >= 15 is 0 Å². The lowest BCUT2D eigenvalue weighted by atomic mass is 10.2. The number of nitrogens with zero attached hydrogens (tertiary/aromatic N) is 4. The molecule has 0 saturated heterocycles. The Morgan fingerprint density at radius 2 is 2.00 bits per heavy atom. The monoisotopic (exact) mass is 256 g/mol. The molecule has 3 rings (SSSR count). The van der Waals surface area contributed by atoms with Gasteiger partial charge in [0.05, 0.1) is 10.9 Å². The molecule has 0 fully saturated rings. The largest absolute Gasteiger partial charge is 0.276 e. The second kappa shape index (κ2) is 4.50. The van der Waals surface area contributed by atoms with Gasteiger partial charge in [0.15, 0.2) is 0 Å². The number of aryl methyl sites for hydroxylation is 2. The van der Waals surface area contributed by atoms with Crippen molar-refractivity contribution in [2.45, 2.75) is 33.2 Å². The molecule has 3 aromatic rings. The number of benzene rings is 1. The molecule has 0 N–H and O–H groups in total. The van der Waals surface area contributed by atoms with E-state index < -0.39 is 0 Å². The summed E-state index contributed by atoms with van der Waals surface area (Å²) < 4.78 is 3.68. The lowest BCUT2D eigenvalue weighted by Gasteiger charge is -2.09. The fourth-order valence-electron chi connectivity index (χ4n) is 2.41. The number of rotatable bonds is 3. The van der Waals surface area contributed by atoms with E-state index in [-0.39, 0.29) is 5.56 Å². The van der Waals surface area contributed by atoms with Crippen molar-refractivity contribution < 1.29 is 0 Å². The number of aromatic nitrogens is 4. The van der Waals surface area contributed by atoms with Gasteiger partial charge in [-0.15, -0.1) is 10.2 Å². The van der Waals surface area contributed by atoms with Crippen molar-refractivity contribution in [1.29, 1.82) is 0 Å². The van der Waals surface area contributed by atoms with Crippen LogP contribution in [0, 0.1) is 6.92 Å². The van der Waals surface area contributed by atoms with E-state index in [1.165, 1.54) is 0 Å². The second-order valence-corrected chi connectivity index (χ2v) is 4.71. The van der Waals surface area contributed by atoms with Crippen LogP contribution in [0.15, 0.2) is 29.1 Å². The van der Waals surface area contributed by atoms with Crippen LogP contribution in [0.3, 0.4) is 0 Å². The summed E-state index contributed by atoms with van der Waals surface area (Å²) in [5, 5.41) is 8.98. The normalized spacial score (nSPS) is 11.5. The Labute approximate surface area is 110 Å². The molecule has 19 heavy (non-hydrogen) atoms. The molecule has 2 aromatic heterocycles. The first-order valence-corrected chi connectivity index (χ1v) is 6.57. The van der Waals surface area contributed by atoms with Gasteiger partial charge in [-0.25, -0.2) is 0 Å². The number of fused-ring (bicyclic) bond motifs is 3. The molecule has 0 aliphatic heterocycles. The number of para-hydroxylation sites is 1. The minimum absolute atomic E-state index is 0.0175. The molecule has 0 amide bonds. The number of hydrogen-bond acceptors (Lipinski definition) is 3. The molecule has 0 atom stereocenters. The van der Waals surface area contributed by atoms with Crippen LogP contribution in [0.4, 0.5) is 0 Å². The molecular weight excluding hydrogens is 240 g/mol. The minimum Gasteiger partial charge on any atom is -0.276 e. The van der Waals surface area contributed by atoms with Gasteiger partial charge >= 0.3 is 0 Å². The zero-order chi connectivity index (χ0) is 13.4. The molecular formula is C14H16N4O. The van der Waals surface area contributed by atoms with E-state index in [0.717, 1.165) is 24.2 Å². The van der Waals surface area contributed by atoms with E-state index in [1.807, 2.05) is 35.6 Å². The predicted molar refractivity (Wildman–Crippen MR) is 74.4 cm³/mol. The predicted octanol–water partition coefficient (Wildman–Crippen LogP) is 2.15. The summed E-state index contributed by atoms with van der Waals surface area (Å²) in [4.78, 5) is 12.5. The molecule has 0 bridgehead atoms. The molecule has 1 aromatic carbocycles. The van der Waals surface area contributed by atoms with E-state index in [1.54, 1.807) is 4.57 Å². The van der Waals surface area contributed by atoms with Crippen LogP contribution >= 0.6 is 0 Å². The molecule has 0 aliphatic carbocycles. The molecule has 0 spiro atoms. The van der Waals surface area contributed by atoms with Crippen LogP contribution < -0.4 is 5.56 Å². The van der Waals surface area contributed by atoms with Gasteiger partial charge in [-0.3, -0.25) is 13.8 Å². The summed E-state index contributed by atoms with van der Waals surface area (Å²) >= 11 is 0. The summed E-state index contributed by atoms with van der Waals surface area (Å²) in [6, 6.07) is 7.61. The Balaban J connectivity index is 2.46. The Kier molecular flexibility index (Phi) is 2.81. The third-order valence-electron chi connectivity index (χ3n) is 3.40. The highest BCUT2D eigenvalue weighted by Gasteiger charge is 2.13. The zero-order valence-electron chi connectivity index (χ0n) is 11.1. The number of unbranched alkanes of at least 4 members (excludes halogenated alkanes) is 1. The Morgan fingerprint density at radius 1 is 1.21 bits per heavy atom. The Bertz CT molecular complexity index is 800. The summed E-state index contributed by atoms with van der Waals surface area (Å²) in [6.45, 7) is 4.70. The van der Waals surface area contributed by atoms with Crippen LogP contribution in [-0.4, -0.2) is 19.2 Å². The van der Waals surface area contributed by atoms with Crippen LogP contribution in [0.2, 0.25) is 0 Å². The van der Waals surface area contributed by atoms with E-state index in [4.69, 9.17) is 0 Å². The van der Waals surface area contributed by atoms with Crippen molar-refractivity contribution in [3.8, 4) is 0 Å². The zero-order valence-corrected chi connectivity index (χ0v) is 11.1. The van der Waals surface area contributed by atoms with Gasteiger partial charge in [0.1, 0.15) is 5.82 Å². The van der Waals surface area contributed by atoms with Gasteiger partial charge in [0.2, 0.25) is 5.78 Å². The summed E-state index contributed by atoms with van der Waals surface area (Å²) in [5.41, 5.74) is 0.890. The first kappa shape index (κ1) is 11.9. The lowest BCUT2D eigenvalue weighted by molar-refractivity contribution is 0.621. The van der Waals surface area contributed by atoms with Crippen molar-refractivity contribution >= 4 is 16.7 Å².